The van der Waals surface area contributed by atoms with Crippen LogP contribution in [0.5, 0.6) is 0 Å². The SMILES string of the molecule is CN(CC(O)C1CC1)C(=O)NC1CCC(C(F)(F)F)CC1. The van der Waals surface area contributed by atoms with Gasteiger partial charge < -0.3 is 15.3 Å². The number of hydrogen-bond acceptors (Lipinski definition) is 2. The summed E-state index contributed by atoms with van der Waals surface area (Å²) in [6.45, 7) is 0.272. The van der Waals surface area contributed by atoms with E-state index in [-0.39, 0.29) is 31.5 Å². The van der Waals surface area contributed by atoms with Crippen LogP contribution in [0.1, 0.15) is 38.5 Å². The number of aliphatic hydroxyl groups excluding tert-OH is 1. The van der Waals surface area contributed by atoms with Crippen LogP contribution in [0.4, 0.5) is 18.0 Å². The Hall–Kier alpha value is -0.980. The molecule has 2 saturated carbocycles. The number of halogens is 3. The molecule has 0 aromatic rings. The third-order valence-corrected chi connectivity index (χ3v) is 4.49. The first-order valence-corrected chi connectivity index (χ1v) is 7.53. The molecule has 122 valence electrons. The number of likely N-dealkylation sites (N-methyl/N-ethyl adjacent to an activating group) is 1. The smallest absolute Gasteiger partial charge is 0.391 e. The minimum Gasteiger partial charge on any atom is -0.391 e. The van der Waals surface area contributed by atoms with Crippen LogP contribution in [0.25, 0.3) is 0 Å². The number of urea groups is 1. The molecule has 2 aliphatic rings. The Kier molecular flexibility index (Phi) is 5.01. The van der Waals surface area contributed by atoms with Gasteiger partial charge in [-0.3, -0.25) is 0 Å². The van der Waals surface area contributed by atoms with Crippen molar-refractivity contribution in [2.45, 2.75) is 56.8 Å². The first-order valence-electron chi connectivity index (χ1n) is 7.53. The van der Waals surface area contributed by atoms with Crippen molar-refractivity contribution in [2.75, 3.05) is 13.6 Å². The van der Waals surface area contributed by atoms with Gasteiger partial charge in [-0.25, -0.2) is 4.79 Å². The van der Waals surface area contributed by atoms with Crippen LogP contribution in [0.2, 0.25) is 0 Å². The number of nitrogens with one attached hydrogen (secondary N) is 1. The summed E-state index contributed by atoms with van der Waals surface area (Å²) in [5.74, 6) is -0.942. The fourth-order valence-corrected chi connectivity index (χ4v) is 2.84. The molecule has 0 saturated heterocycles. The number of alkyl halides is 3. The summed E-state index contributed by atoms with van der Waals surface area (Å²) >= 11 is 0. The first kappa shape index (κ1) is 16.4. The lowest BCUT2D eigenvalue weighted by molar-refractivity contribution is -0.182. The molecule has 2 N–H and O–H groups in total. The van der Waals surface area contributed by atoms with Crippen LogP contribution in [0, 0.1) is 11.8 Å². The summed E-state index contributed by atoms with van der Waals surface area (Å²) in [7, 11) is 1.60. The molecule has 1 unspecified atom stereocenters. The molecular weight excluding hydrogens is 285 g/mol. The van der Waals surface area contributed by atoms with Gasteiger partial charge >= 0.3 is 12.2 Å². The number of rotatable bonds is 4. The van der Waals surface area contributed by atoms with Gasteiger partial charge in [0.2, 0.25) is 0 Å². The standard InChI is InChI=1S/C14H23F3N2O2/c1-19(8-12(20)9-2-3-9)13(21)18-11-6-4-10(5-7-11)14(15,16)17/h9-12,20H,2-8H2,1H3,(H,18,21). The zero-order chi connectivity index (χ0) is 15.6. The molecule has 0 bridgehead atoms. The lowest BCUT2D eigenvalue weighted by Crippen LogP contribution is -2.47. The van der Waals surface area contributed by atoms with Crippen LogP contribution < -0.4 is 5.32 Å². The van der Waals surface area contributed by atoms with E-state index in [9.17, 15) is 23.1 Å². The van der Waals surface area contributed by atoms with Crippen molar-refractivity contribution in [3.63, 3.8) is 0 Å². The molecule has 0 aromatic heterocycles. The molecule has 0 aromatic carbocycles. The average molecular weight is 308 g/mol. The molecule has 4 nitrogen and oxygen atoms in total. The summed E-state index contributed by atoms with van der Waals surface area (Å²) in [4.78, 5) is 13.4. The fourth-order valence-electron chi connectivity index (χ4n) is 2.84. The van der Waals surface area contributed by atoms with Gasteiger partial charge in [-0.1, -0.05) is 0 Å². The predicted octanol–water partition coefficient (Wildman–Crippen LogP) is 2.52. The predicted molar refractivity (Wildman–Crippen MR) is 71.7 cm³/mol. The Labute approximate surface area is 122 Å². The van der Waals surface area contributed by atoms with E-state index in [2.05, 4.69) is 5.32 Å². The number of amides is 2. The van der Waals surface area contributed by atoms with Gasteiger partial charge in [0.1, 0.15) is 0 Å². The third-order valence-electron chi connectivity index (χ3n) is 4.49. The maximum Gasteiger partial charge on any atom is 0.391 e. The van der Waals surface area contributed by atoms with Gasteiger partial charge in [0.25, 0.3) is 0 Å². The Morgan fingerprint density at radius 1 is 1.24 bits per heavy atom. The molecule has 2 rings (SSSR count). The largest absolute Gasteiger partial charge is 0.391 e. The average Bonchev–Trinajstić information content (AvgIpc) is 3.22. The van der Waals surface area contributed by atoms with E-state index in [1.54, 1.807) is 7.05 Å². The van der Waals surface area contributed by atoms with Crippen molar-refractivity contribution in [1.29, 1.82) is 0 Å². The molecule has 2 fully saturated rings. The first-order chi connectivity index (χ1) is 9.77. The quantitative estimate of drug-likeness (QED) is 0.838. The number of hydrogen-bond donors (Lipinski definition) is 2. The van der Waals surface area contributed by atoms with Gasteiger partial charge in [-0.15, -0.1) is 0 Å². The van der Waals surface area contributed by atoms with Crippen LogP contribution in [0.15, 0.2) is 0 Å². The summed E-state index contributed by atoms with van der Waals surface area (Å²) in [6, 6.07) is -0.512. The van der Waals surface area contributed by atoms with E-state index in [4.69, 9.17) is 0 Å². The highest BCUT2D eigenvalue weighted by Crippen LogP contribution is 2.37. The Balaban J connectivity index is 1.71. The number of nitrogens with zero attached hydrogens (tertiary/aromatic N) is 1. The van der Waals surface area contributed by atoms with Crippen LogP contribution in [-0.4, -0.2) is 48.0 Å². The number of aliphatic hydroxyl groups is 1. The summed E-state index contributed by atoms with van der Waals surface area (Å²) < 4.78 is 37.7. The Morgan fingerprint density at radius 3 is 2.29 bits per heavy atom. The van der Waals surface area contributed by atoms with E-state index in [1.807, 2.05) is 0 Å². The van der Waals surface area contributed by atoms with Crippen molar-refractivity contribution in [2.24, 2.45) is 11.8 Å². The second kappa shape index (κ2) is 6.42. The molecule has 2 aliphatic carbocycles. The Bertz CT molecular complexity index is 364. The van der Waals surface area contributed by atoms with Gasteiger partial charge in [0.05, 0.1) is 12.0 Å². The zero-order valence-electron chi connectivity index (χ0n) is 12.2. The molecule has 0 radical (unpaired) electrons. The maximum absolute atomic E-state index is 12.6. The van der Waals surface area contributed by atoms with Gasteiger partial charge in [-0.05, 0) is 44.4 Å². The minimum absolute atomic E-state index is 0.0723. The molecule has 0 aliphatic heterocycles. The zero-order valence-corrected chi connectivity index (χ0v) is 12.2. The topological polar surface area (TPSA) is 52.6 Å². The van der Waals surface area contributed by atoms with Crippen LogP contribution in [-0.2, 0) is 0 Å². The van der Waals surface area contributed by atoms with Gasteiger partial charge in [-0.2, -0.15) is 13.2 Å². The second-order valence-corrected chi connectivity index (χ2v) is 6.32. The van der Waals surface area contributed by atoms with Crippen molar-refractivity contribution in [3.05, 3.63) is 0 Å². The molecule has 0 spiro atoms. The molecule has 1 atom stereocenters. The minimum atomic E-state index is -4.12. The highest BCUT2D eigenvalue weighted by molar-refractivity contribution is 5.74. The molecule has 0 heterocycles. The van der Waals surface area contributed by atoms with Gasteiger partial charge in [0, 0.05) is 19.6 Å². The summed E-state index contributed by atoms with van der Waals surface area (Å²) in [6.07, 6.45) is -1.77. The van der Waals surface area contributed by atoms with Crippen molar-refractivity contribution in [1.82, 2.24) is 10.2 Å². The molecule has 7 heteroatoms. The fraction of sp³-hybridized carbons (Fsp3) is 0.929. The normalized spacial score (nSPS) is 28.0. The summed E-state index contributed by atoms with van der Waals surface area (Å²) in [5, 5.41) is 12.6. The number of carbonyl (C=O) groups excluding carboxylic acids is 1. The summed E-state index contributed by atoms with van der Waals surface area (Å²) in [5.41, 5.74) is 0. The number of carbonyl (C=O) groups is 1. The van der Waals surface area contributed by atoms with E-state index in [0.29, 0.717) is 18.8 Å². The maximum atomic E-state index is 12.6. The van der Waals surface area contributed by atoms with Crippen molar-refractivity contribution in [3.8, 4) is 0 Å². The Morgan fingerprint density at radius 2 is 1.81 bits per heavy atom. The third kappa shape index (κ3) is 4.76. The van der Waals surface area contributed by atoms with E-state index in [0.717, 1.165) is 12.8 Å². The molecule has 2 amide bonds. The van der Waals surface area contributed by atoms with E-state index in [1.165, 1.54) is 4.90 Å². The van der Waals surface area contributed by atoms with Crippen molar-refractivity contribution < 1.29 is 23.1 Å². The lowest BCUT2D eigenvalue weighted by Gasteiger charge is -2.31. The van der Waals surface area contributed by atoms with Crippen LogP contribution in [0.3, 0.4) is 0 Å². The highest BCUT2D eigenvalue weighted by atomic mass is 19.4. The van der Waals surface area contributed by atoms with E-state index < -0.39 is 18.2 Å². The molecular formula is C14H23F3N2O2. The van der Waals surface area contributed by atoms with Crippen LogP contribution >= 0.6 is 0 Å². The highest BCUT2D eigenvalue weighted by Gasteiger charge is 2.41. The van der Waals surface area contributed by atoms with E-state index >= 15 is 0 Å². The van der Waals surface area contributed by atoms with Gasteiger partial charge in [0.15, 0.2) is 0 Å². The lowest BCUT2D eigenvalue weighted by atomic mass is 9.85. The second-order valence-electron chi connectivity index (χ2n) is 6.32. The molecule has 21 heavy (non-hydrogen) atoms. The monoisotopic (exact) mass is 308 g/mol. The van der Waals surface area contributed by atoms with Crippen molar-refractivity contribution >= 4 is 6.03 Å².